The number of hydrogen-bond donors (Lipinski definition) is 3. The molecule has 5 atom stereocenters. The average Bonchev–Trinajstić information content (AvgIpc) is 3.51. The van der Waals surface area contributed by atoms with E-state index in [2.05, 4.69) is 10.6 Å². The summed E-state index contributed by atoms with van der Waals surface area (Å²) in [6, 6.07) is 12.3. The number of aryl methyl sites for hydroxylation is 2. The molecule has 3 aliphatic heterocycles. The molecule has 3 saturated heterocycles. The molecule has 0 aliphatic carbocycles. The van der Waals surface area contributed by atoms with E-state index in [1.165, 1.54) is 4.90 Å². The zero-order valence-corrected chi connectivity index (χ0v) is 22.1. The van der Waals surface area contributed by atoms with E-state index >= 15 is 0 Å². The van der Waals surface area contributed by atoms with Gasteiger partial charge < -0.3 is 25.4 Å². The maximum atomic E-state index is 13.8. The smallest absolute Gasteiger partial charge is 0.248 e. The van der Waals surface area contributed by atoms with Crippen LogP contribution < -0.4 is 15.4 Å². The number of carbonyl (C=O) groups is 3. The number of β-amino-alcohol motifs (C(OH)–C–C–N with tert-alkyl or cyclic N) is 1. The van der Waals surface area contributed by atoms with E-state index in [4.69, 9.17) is 4.74 Å². The molecular weight excluding hydrogens is 490 g/mol. The molecule has 2 unspecified atom stereocenters. The van der Waals surface area contributed by atoms with Gasteiger partial charge in [-0.05, 0) is 75.1 Å². The van der Waals surface area contributed by atoms with Crippen molar-refractivity contribution in [2.75, 3.05) is 30.4 Å². The number of carbonyl (C=O) groups excluding carboxylic acids is 3. The summed E-state index contributed by atoms with van der Waals surface area (Å²) in [5, 5.41) is 15.8. The first kappa shape index (κ1) is 25.6. The number of ether oxygens (including phenoxy) is 1. The zero-order valence-electron chi connectivity index (χ0n) is 21.3. The van der Waals surface area contributed by atoms with Crippen LogP contribution in [0.3, 0.4) is 0 Å². The summed E-state index contributed by atoms with van der Waals surface area (Å²) in [6.07, 6.45) is 1.44. The van der Waals surface area contributed by atoms with Gasteiger partial charge in [0.15, 0.2) is 0 Å². The number of fused-ring (bicyclic) bond motifs is 1. The highest BCUT2D eigenvalue weighted by Crippen LogP contribution is 2.66. The van der Waals surface area contributed by atoms with Gasteiger partial charge in [-0.25, -0.2) is 0 Å². The monoisotopic (exact) mass is 523 g/mol. The van der Waals surface area contributed by atoms with E-state index in [1.54, 1.807) is 36.0 Å². The molecule has 3 N–H and O–H groups in total. The molecule has 3 aliphatic rings. The fourth-order valence-corrected chi connectivity index (χ4v) is 8.42. The van der Waals surface area contributed by atoms with Gasteiger partial charge >= 0.3 is 0 Å². The van der Waals surface area contributed by atoms with Crippen molar-refractivity contribution in [2.45, 2.75) is 49.7 Å². The molecule has 0 aromatic heterocycles. The predicted octanol–water partition coefficient (Wildman–Crippen LogP) is 3.36. The van der Waals surface area contributed by atoms with Crippen LogP contribution >= 0.6 is 11.8 Å². The maximum absolute atomic E-state index is 13.8. The molecule has 2 aromatic rings. The lowest BCUT2D eigenvalue weighted by molar-refractivity contribution is -0.138. The Morgan fingerprint density at radius 2 is 1.89 bits per heavy atom. The van der Waals surface area contributed by atoms with Gasteiger partial charge in [-0.1, -0.05) is 12.1 Å². The van der Waals surface area contributed by atoms with E-state index in [-0.39, 0.29) is 36.1 Å². The fraction of sp³-hybridized carbons (Fsp3) is 0.464. The van der Waals surface area contributed by atoms with Crippen LogP contribution in [0.4, 0.5) is 11.4 Å². The quantitative estimate of drug-likeness (QED) is 0.490. The Balaban J connectivity index is 1.42. The van der Waals surface area contributed by atoms with Crippen molar-refractivity contribution >= 4 is 40.9 Å². The SMILES string of the molecule is CCOc1ccc(NC(=O)[C@@H]2[C@H]3C(=O)N(CCO)C(C(=O)Nc4cc(C)ccc4C)C34CC[C@H]2S4)cc1. The number of amides is 3. The van der Waals surface area contributed by atoms with Crippen molar-refractivity contribution in [1.82, 2.24) is 4.90 Å². The molecule has 2 bridgehead atoms. The Hall–Kier alpha value is -3.04. The summed E-state index contributed by atoms with van der Waals surface area (Å²) in [4.78, 5) is 42.6. The fourth-order valence-electron chi connectivity index (χ4n) is 6.20. The van der Waals surface area contributed by atoms with Crippen molar-refractivity contribution in [3.8, 4) is 5.75 Å². The van der Waals surface area contributed by atoms with Crippen LogP contribution in [-0.4, -0.2) is 63.5 Å². The molecule has 0 radical (unpaired) electrons. The van der Waals surface area contributed by atoms with Crippen LogP contribution in [0.5, 0.6) is 5.75 Å². The summed E-state index contributed by atoms with van der Waals surface area (Å²) in [7, 11) is 0. The number of benzene rings is 2. The van der Waals surface area contributed by atoms with Crippen LogP contribution in [0.15, 0.2) is 42.5 Å². The van der Waals surface area contributed by atoms with Gasteiger partial charge in [-0.3, -0.25) is 14.4 Å². The zero-order chi connectivity index (χ0) is 26.3. The highest BCUT2D eigenvalue weighted by Gasteiger charge is 2.73. The van der Waals surface area contributed by atoms with Gasteiger partial charge in [0.25, 0.3) is 0 Å². The lowest BCUT2D eigenvalue weighted by Gasteiger charge is -2.34. The number of aliphatic hydroxyl groups excluding tert-OH is 1. The molecule has 37 heavy (non-hydrogen) atoms. The second-order valence-corrected chi connectivity index (χ2v) is 11.7. The minimum atomic E-state index is -0.754. The van der Waals surface area contributed by atoms with Crippen molar-refractivity contribution in [2.24, 2.45) is 11.8 Å². The molecule has 0 saturated carbocycles. The Kier molecular flexibility index (Phi) is 6.93. The van der Waals surface area contributed by atoms with Gasteiger partial charge in [0.1, 0.15) is 11.8 Å². The second-order valence-electron chi connectivity index (χ2n) is 10.1. The van der Waals surface area contributed by atoms with Crippen molar-refractivity contribution in [1.29, 1.82) is 0 Å². The van der Waals surface area contributed by atoms with E-state index < -0.39 is 22.6 Å². The molecule has 196 valence electrons. The van der Waals surface area contributed by atoms with Crippen LogP contribution in [0.2, 0.25) is 0 Å². The number of thioether (sulfide) groups is 1. The lowest BCUT2D eigenvalue weighted by atomic mass is 9.70. The topological polar surface area (TPSA) is 108 Å². The number of nitrogens with zero attached hydrogens (tertiary/aromatic N) is 1. The number of aliphatic hydroxyl groups is 1. The van der Waals surface area contributed by atoms with E-state index in [1.807, 2.05) is 39.0 Å². The summed E-state index contributed by atoms with van der Waals surface area (Å²) >= 11 is 1.61. The molecule has 3 fully saturated rings. The Labute approximate surface area is 221 Å². The first-order valence-electron chi connectivity index (χ1n) is 12.8. The van der Waals surface area contributed by atoms with E-state index in [9.17, 15) is 19.5 Å². The highest BCUT2D eigenvalue weighted by molar-refractivity contribution is 8.02. The number of nitrogens with one attached hydrogen (secondary N) is 2. The van der Waals surface area contributed by atoms with Gasteiger partial charge in [0, 0.05) is 23.2 Å². The standard InChI is InChI=1S/C28H33N3O5S/c1-4-36-19-9-7-18(8-10-19)29-25(33)22-21-11-12-28(37-21)23(22)27(35)31(13-14-32)24(28)26(34)30-20-15-16(2)5-6-17(20)3/h5-10,15,21-24,32H,4,11-14H2,1-3H3,(H,29,33)(H,30,34)/t21-,22+,23+,24?,28?/m1/s1. The number of anilines is 2. The molecule has 8 nitrogen and oxygen atoms in total. The summed E-state index contributed by atoms with van der Waals surface area (Å²) in [5.41, 5.74) is 3.30. The molecule has 2 aromatic carbocycles. The van der Waals surface area contributed by atoms with Gasteiger partial charge in [0.2, 0.25) is 17.7 Å². The summed E-state index contributed by atoms with van der Waals surface area (Å²) < 4.78 is 4.78. The largest absolute Gasteiger partial charge is 0.494 e. The van der Waals surface area contributed by atoms with E-state index in [0.29, 0.717) is 24.4 Å². The van der Waals surface area contributed by atoms with Crippen LogP contribution in [0.25, 0.3) is 0 Å². The Morgan fingerprint density at radius 3 is 2.59 bits per heavy atom. The number of rotatable bonds is 8. The van der Waals surface area contributed by atoms with Gasteiger partial charge in [-0.2, -0.15) is 0 Å². The van der Waals surface area contributed by atoms with Gasteiger partial charge in [0.05, 0.1) is 29.8 Å². The minimum absolute atomic E-state index is 0.0380. The molecule has 5 rings (SSSR count). The molecule has 1 spiro atoms. The van der Waals surface area contributed by atoms with Crippen LogP contribution in [-0.2, 0) is 14.4 Å². The normalized spacial score (nSPS) is 27.8. The van der Waals surface area contributed by atoms with Gasteiger partial charge in [-0.15, -0.1) is 11.8 Å². The first-order chi connectivity index (χ1) is 17.8. The van der Waals surface area contributed by atoms with Crippen molar-refractivity contribution < 1.29 is 24.2 Å². The second kappa shape index (κ2) is 10.0. The van der Waals surface area contributed by atoms with Crippen LogP contribution in [0, 0.1) is 25.7 Å². The van der Waals surface area contributed by atoms with Crippen molar-refractivity contribution in [3.63, 3.8) is 0 Å². The first-order valence-corrected chi connectivity index (χ1v) is 13.7. The lowest BCUT2D eigenvalue weighted by Crippen LogP contribution is -2.52. The highest BCUT2D eigenvalue weighted by atomic mass is 32.2. The average molecular weight is 524 g/mol. The molecular formula is C28H33N3O5S. The summed E-state index contributed by atoms with van der Waals surface area (Å²) in [5.74, 6) is -1.13. The maximum Gasteiger partial charge on any atom is 0.248 e. The summed E-state index contributed by atoms with van der Waals surface area (Å²) in [6.45, 7) is 6.16. The Bertz CT molecular complexity index is 1220. The third-order valence-electron chi connectivity index (χ3n) is 7.78. The minimum Gasteiger partial charge on any atom is -0.494 e. The number of hydrogen-bond acceptors (Lipinski definition) is 6. The van der Waals surface area contributed by atoms with Crippen molar-refractivity contribution in [3.05, 3.63) is 53.6 Å². The number of likely N-dealkylation sites (tertiary alicyclic amines) is 1. The third kappa shape index (κ3) is 4.38. The van der Waals surface area contributed by atoms with E-state index in [0.717, 1.165) is 23.3 Å². The molecule has 9 heteroatoms. The third-order valence-corrected chi connectivity index (χ3v) is 9.73. The molecule has 3 amide bonds. The molecule has 3 heterocycles. The predicted molar refractivity (Wildman–Crippen MR) is 144 cm³/mol. The van der Waals surface area contributed by atoms with Crippen LogP contribution in [0.1, 0.15) is 30.9 Å². The Morgan fingerprint density at radius 1 is 1.14 bits per heavy atom.